The average Bonchev–Trinajstić information content (AvgIpc) is 3.66. The number of hydrogen-bond donors (Lipinski definition) is 3. The lowest BCUT2D eigenvalue weighted by Crippen LogP contribution is -2.54. The number of rotatable bonds is 4. The minimum atomic E-state index is -0.994. The van der Waals surface area contributed by atoms with Crippen LogP contribution >= 0.6 is 11.3 Å². The SMILES string of the molecule is CC(C)(C)[C@@H]1C(n2nc(C(=O)Nc3nc4cc(-c5cccs5)ccc4o3)c3c(N)ncnc32)CCCN1C(=O)O. The van der Waals surface area contributed by atoms with E-state index in [2.05, 4.69) is 25.4 Å². The first-order valence-corrected chi connectivity index (χ1v) is 13.7. The number of anilines is 2. The van der Waals surface area contributed by atoms with Crippen LogP contribution in [0.5, 0.6) is 0 Å². The number of hydrogen-bond acceptors (Lipinski definition) is 9. The molecule has 0 bridgehead atoms. The molecular weight excluding hydrogens is 532 g/mol. The van der Waals surface area contributed by atoms with Gasteiger partial charge in [-0.05, 0) is 53.5 Å². The van der Waals surface area contributed by atoms with Gasteiger partial charge >= 0.3 is 12.1 Å². The second-order valence-electron chi connectivity index (χ2n) is 10.9. The van der Waals surface area contributed by atoms with Crippen molar-refractivity contribution in [2.75, 3.05) is 17.6 Å². The molecular formula is C27H28N8O4S. The first-order valence-electron chi connectivity index (χ1n) is 12.9. The highest BCUT2D eigenvalue weighted by Crippen LogP contribution is 2.40. The van der Waals surface area contributed by atoms with E-state index in [1.807, 2.05) is 56.5 Å². The second-order valence-corrected chi connectivity index (χ2v) is 11.8. The molecule has 5 aromatic rings. The molecule has 1 aliphatic rings. The fraction of sp³-hybridized carbons (Fsp3) is 0.333. The van der Waals surface area contributed by atoms with Crippen molar-refractivity contribution in [2.24, 2.45) is 5.41 Å². The smallest absolute Gasteiger partial charge is 0.407 e. The molecule has 0 saturated carbocycles. The van der Waals surface area contributed by atoms with Gasteiger partial charge in [-0.1, -0.05) is 26.8 Å². The molecule has 40 heavy (non-hydrogen) atoms. The Morgan fingerprint density at radius 3 is 2.77 bits per heavy atom. The number of likely N-dealkylation sites (tertiary alicyclic amines) is 1. The van der Waals surface area contributed by atoms with Gasteiger partial charge in [0.15, 0.2) is 16.9 Å². The van der Waals surface area contributed by atoms with E-state index in [0.29, 0.717) is 36.1 Å². The summed E-state index contributed by atoms with van der Waals surface area (Å²) in [7, 11) is 0. The third-order valence-electron chi connectivity index (χ3n) is 7.19. The summed E-state index contributed by atoms with van der Waals surface area (Å²) in [4.78, 5) is 41.2. The molecule has 1 fully saturated rings. The Hall–Kier alpha value is -4.52. The summed E-state index contributed by atoms with van der Waals surface area (Å²) in [6.07, 6.45) is 1.62. The summed E-state index contributed by atoms with van der Waals surface area (Å²) in [6, 6.07) is 8.89. The first kappa shape index (κ1) is 25.7. The number of nitrogens with two attached hydrogens (primary N) is 1. The van der Waals surface area contributed by atoms with Gasteiger partial charge < -0.3 is 20.2 Å². The minimum Gasteiger partial charge on any atom is -0.465 e. The van der Waals surface area contributed by atoms with Gasteiger partial charge in [0, 0.05) is 11.4 Å². The van der Waals surface area contributed by atoms with E-state index in [1.54, 1.807) is 16.0 Å². The van der Waals surface area contributed by atoms with Crippen LogP contribution in [0.4, 0.5) is 16.6 Å². The third-order valence-corrected chi connectivity index (χ3v) is 8.11. The van der Waals surface area contributed by atoms with Crippen LogP contribution < -0.4 is 11.1 Å². The zero-order chi connectivity index (χ0) is 28.2. The van der Waals surface area contributed by atoms with Crippen LogP contribution in [0, 0.1) is 5.41 Å². The molecule has 0 spiro atoms. The molecule has 4 aromatic heterocycles. The number of oxazole rings is 1. The molecule has 0 aliphatic carbocycles. The summed E-state index contributed by atoms with van der Waals surface area (Å²) in [5, 5.41) is 19.6. The molecule has 1 aromatic carbocycles. The van der Waals surface area contributed by atoms with Gasteiger partial charge in [-0.15, -0.1) is 11.3 Å². The molecule has 1 saturated heterocycles. The lowest BCUT2D eigenvalue weighted by atomic mass is 9.77. The van der Waals surface area contributed by atoms with Crippen molar-refractivity contribution in [3.63, 3.8) is 0 Å². The Morgan fingerprint density at radius 2 is 2.05 bits per heavy atom. The second kappa shape index (κ2) is 9.59. The summed E-state index contributed by atoms with van der Waals surface area (Å²) < 4.78 is 7.42. The maximum atomic E-state index is 13.6. The van der Waals surface area contributed by atoms with E-state index >= 15 is 0 Å². The van der Waals surface area contributed by atoms with Crippen molar-refractivity contribution >= 4 is 57.3 Å². The van der Waals surface area contributed by atoms with Gasteiger partial charge in [-0.3, -0.25) is 10.1 Å². The van der Waals surface area contributed by atoms with Crippen LogP contribution in [0.2, 0.25) is 0 Å². The highest BCUT2D eigenvalue weighted by molar-refractivity contribution is 7.13. The van der Waals surface area contributed by atoms with Crippen molar-refractivity contribution in [3.05, 3.63) is 47.7 Å². The molecule has 6 rings (SSSR count). The predicted octanol–water partition coefficient (Wildman–Crippen LogP) is 5.26. The van der Waals surface area contributed by atoms with E-state index in [9.17, 15) is 14.7 Å². The zero-order valence-corrected chi connectivity index (χ0v) is 23.0. The Balaban J connectivity index is 1.38. The number of carbonyl (C=O) groups excluding carboxylic acids is 1. The van der Waals surface area contributed by atoms with Crippen molar-refractivity contribution in [3.8, 4) is 10.4 Å². The Kier molecular flexibility index (Phi) is 6.17. The highest BCUT2D eigenvalue weighted by Gasteiger charge is 2.44. The molecule has 13 heteroatoms. The van der Waals surface area contributed by atoms with Crippen LogP contribution in [-0.2, 0) is 0 Å². The highest BCUT2D eigenvalue weighted by atomic mass is 32.1. The Morgan fingerprint density at radius 1 is 1.23 bits per heavy atom. The monoisotopic (exact) mass is 560 g/mol. The fourth-order valence-electron chi connectivity index (χ4n) is 5.61. The Bertz CT molecular complexity index is 1740. The molecule has 1 aliphatic heterocycles. The van der Waals surface area contributed by atoms with E-state index in [1.165, 1.54) is 11.2 Å². The average molecular weight is 561 g/mol. The molecule has 1 unspecified atom stereocenters. The van der Waals surface area contributed by atoms with Crippen LogP contribution in [0.15, 0.2) is 46.5 Å². The van der Waals surface area contributed by atoms with E-state index in [0.717, 1.165) is 10.4 Å². The van der Waals surface area contributed by atoms with Gasteiger partial charge in [0.1, 0.15) is 17.7 Å². The van der Waals surface area contributed by atoms with Gasteiger partial charge in [-0.25, -0.2) is 19.4 Å². The number of benzene rings is 1. The van der Waals surface area contributed by atoms with Crippen molar-refractivity contribution in [1.29, 1.82) is 0 Å². The van der Waals surface area contributed by atoms with Crippen LogP contribution in [0.25, 0.3) is 32.6 Å². The van der Waals surface area contributed by atoms with Gasteiger partial charge in [-0.2, -0.15) is 10.1 Å². The number of aromatic nitrogens is 5. The standard InChI is InChI=1S/C27H28N8O4S/c1-27(2,3)21-16(6-4-10-34(21)26(37)38)35-23-19(22(28)29-13-30-23)20(33-35)24(36)32-25-31-15-12-14(8-9-17(15)39-25)18-7-5-11-40-18/h5,7-9,11-13,16,21H,4,6,10H2,1-3H3,(H,37,38)(H2,28,29,30)(H,31,32,36)/t16?,21-/m0/s1. The topological polar surface area (TPSA) is 165 Å². The first-order chi connectivity index (χ1) is 19.1. The fourth-order valence-corrected chi connectivity index (χ4v) is 6.33. The maximum absolute atomic E-state index is 13.6. The summed E-state index contributed by atoms with van der Waals surface area (Å²) in [5.74, 6) is -0.494. The molecule has 2 amide bonds. The number of thiophene rings is 1. The molecule has 5 heterocycles. The molecule has 2 atom stereocenters. The van der Waals surface area contributed by atoms with Crippen LogP contribution in [-0.4, -0.2) is 59.3 Å². The number of nitrogens with zero attached hydrogens (tertiary/aromatic N) is 6. The molecule has 12 nitrogen and oxygen atoms in total. The zero-order valence-electron chi connectivity index (χ0n) is 22.2. The van der Waals surface area contributed by atoms with Gasteiger partial charge in [0.2, 0.25) is 0 Å². The third kappa shape index (κ3) is 4.41. The van der Waals surface area contributed by atoms with Crippen molar-refractivity contribution < 1.29 is 19.1 Å². The molecule has 0 radical (unpaired) electrons. The number of carbonyl (C=O) groups is 2. The summed E-state index contributed by atoms with van der Waals surface area (Å²) >= 11 is 1.62. The number of nitrogens with one attached hydrogen (secondary N) is 1. The minimum absolute atomic E-state index is 0.00902. The lowest BCUT2D eigenvalue weighted by Gasteiger charge is -2.46. The number of amides is 2. The predicted molar refractivity (Wildman–Crippen MR) is 151 cm³/mol. The Labute approximate surface area is 232 Å². The molecule has 4 N–H and O–H groups in total. The van der Waals surface area contributed by atoms with Crippen molar-refractivity contribution in [1.82, 2.24) is 29.6 Å². The van der Waals surface area contributed by atoms with Crippen LogP contribution in [0.1, 0.15) is 50.1 Å². The largest absolute Gasteiger partial charge is 0.465 e. The van der Waals surface area contributed by atoms with Gasteiger partial charge in [0.25, 0.3) is 5.91 Å². The van der Waals surface area contributed by atoms with E-state index in [-0.39, 0.29) is 29.0 Å². The summed E-state index contributed by atoms with van der Waals surface area (Å²) in [6.45, 7) is 6.40. The van der Waals surface area contributed by atoms with Crippen LogP contribution in [0.3, 0.4) is 0 Å². The number of piperidine rings is 1. The van der Waals surface area contributed by atoms with E-state index < -0.39 is 23.5 Å². The number of carboxylic acid groups (broad SMARTS) is 1. The number of fused-ring (bicyclic) bond motifs is 2. The lowest BCUT2D eigenvalue weighted by molar-refractivity contribution is 0.0247. The summed E-state index contributed by atoms with van der Waals surface area (Å²) in [5.41, 5.74) is 8.31. The molecule has 206 valence electrons. The normalized spacial score (nSPS) is 17.9. The van der Waals surface area contributed by atoms with Crippen molar-refractivity contribution in [2.45, 2.75) is 45.7 Å². The quantitative estimate of drug-likeness (QED) is 0.266. The maximum Gasteiger partial charge on any atom is 0.407 e. The number of nitrogen functional groups attached to an aromatic ring is 1. The van der Waals surface area contributed by atoms with E-state index in [4.69, 9.17) is 10.2 Å². The van der Waals surface area contributed by atoms with Gasteiger partial charge in [0.05, 0.1) is 17.5 Å².